The molecule has 176 valence electrons. The highest BCUT2D eigenvalue weighted by atomic mass is 32.2. The number of carbonyl (C=O) groups is 1. The number of pyridine rings is 1. The largest absolute Gasteiger partial charge is 0.369 e. The van der Waals surface area contributed by atoms with Crippen molar-refractivity contribution >= 4 is 21.6 Å². The van der Waals surface area contributed by atoms with Crippen molar-refractivity contribution in [3.63, 3.8) is 0 Å². The zero-order chi connectivity index (χ0) is 22.8. The van der Waals surface area contributed by atoms with E-state index in [1.807, 2.05) is 0 Å². The molecule has 2 aromatic rings. The third-order valence-corrected chi connectivity index (χ3v) is 10.1. The first kappa shape index (κ1) is 21.1. The lowest BCUT2D eigenvalue weighted by Gasteiger charge is -2.54. The number of nitrogens with two attached hydrogens (primary N) is 1. The van der Waals surface area contributed by atoms with E-state index in [2.05, 4.69) is 25.7 Å². The van der Waals surface area contributed by atoms with Crippen molar-refractivity contribution in [2.75, 3.05) is 25.0 Å². The van der Waals surface area contributed by atoms with Gasteiger partial charge in [0.1, 0.15) is 16.4 Å². The lowest BCUT2D eigenvalue weighted by atomic mass is 9.88. The number of fused-ring (bicyclic) bond motifs is 1. The van der Waals surface area contributed by atoms with Crippen LogP contribution in [-0.4, -0.2) is 66.0 Å². The maximum Gasteiger partial charge on any atom is 0.273 e. The average Bonchev–Trinajstić information content (AvgIpc) is 3.51. The molecule has 0 radical (unpaired) electrons. The number of sulfone groups is 1. The molecule has 6 rings (SSSR count). The Morgan fingerprint density at radius 1 is 1.30 bits per heavy atom. The fourth-order valence-corrected chi connectivity index (χ4v) is 8.09. The summed E-state index contributed by atoms with van der Waals surface area (Å²) in [5, 5.41) is 10.1. The van der Waals surface area contributed by atoms with Gasteiger partial charge in [0.25, 0.3) is 5.91 Å². The Morgan fingerprint density at radius 3 is 2.88 bits per heavy atom. The molecule has 33 heavy (non-hydrogen) atoms. The molecule has 0 aromatic carbocycles. The van der Waals surface area contributed by atoms with Crippen molar-refractivity contribution in [3.8, 4) is 0 Å². The third kappa shape index (κ3) is 3.28. The molecule has 0 spiro atoms. The molecule has 4 unspecified atom stereocenters. The standard InChI is InChI=1S/C22H28N6O4S/c23-5-6-24-20-4-3-16(11-25-20)33(30,31)22-9-14-12-28(22)15(10-22)7-17(14)26-21(29)18-8-19(32-27-18)13-1-2-13/h3-4,8,11,13-15,17H,1-2,5-7,9-10,12,23H2,(H,24,25)(H,26,29). The molecule has 4 aliphatic rings. The number of carbonyl (C=O) groups excluding carboxylic acids is 1. The summed E-state index contributed by atoms with van der Waals surface area (Å²) in [7, 11) is -3.60. The molecule has 3 saturated heterocycles. The van der Waals surface area contributed by atoms with Gasteiger partial charge in [0.2, 0.25) is 0 Å². The molecule has 2 bridgehead atoms. The van der Waals surface area contributed by atoms with E-state index in [4.69, 9.17) is 10.3 Å². The lowest BCUT2D eigenvalue weighted by Crippen LogP contribution is -2.67. The molecule has 10 nitrogen and oxygen atoms in total. The number of anilines is 1. The van der Waals surface area contributed by atoms with Crippen LogP contribution in [0.1, 0.15) is 54.3 Å². The van der Waals surface area contributed by atoms with Crippen LogP contribution in [0.3, 0.4) is 0 Å². The summed E-state index contributed by atoms with van der Waals surface area (Å²) in [6, 6.07) is 5.13. The first-order valence-corrected chi connectivity index (χ1v) is 13.1. The Balaban J connectivity index is 1.17. The number of amides is 1. The Hall–Kier alpha value is -2.50. The second-order valence-corrected chi connectivity index (χ2v) is 12.0. The van der Waals surface area contributed by atoms with E-state index in [0.717, 1.165) is 25.0 Å². The quantitative estimate of drug-likeness (QED) is 0.514. The summed E-state index contributed by atoms with van der Waals surface area (Å²) in [4.78, 5) is 18.5. The second kappa shape index (κ2) is 7.51. The Kier molecular flexibility index (Phi) is 4.79. The zero-order valence-corrected chi connectivity index (χ0v) is 19.1. The molecule has 3 aliphatic heterocycles. The van der Waals surface area contributed by atoms with Gasteiger partial charge >= 0.3 is 0 Å². The number of hydrogen-bond donors (Lipinski definition) is 3. The second-order valence-electron chi connectivity index (χ2n) is 9.72. The number of nitrogens with zero attached hydrogens (tertiary/aromatic N) is 3. The Bertz CT molecular complexity index is 1180. The van der Waals surface area contributed by atoms with Gasteiger partial charge in [0.15, 0.2) is 15.5 Å². The normalized spacial score (nSPS) is 30.6. The van der Waals surface area contributed by atoms with Gasteiger partial charge in [0.05, 0.1) is 4.90 Å². The van der Waals surface area contributed by atoms with Gasteiger partial charge in [0, 0.05) is 49.9 Å². The highest BCUT2D eigenvalue weighted by Gasteiger charge is 2.68. The van der Waals surface area contributed by atoms with Crippen molar-refractivity contribution in [2.45, 2.75) is 59.9 Å². The van der Waals surface area contributed by atoms with Crippen LogP contribution in [-0.2, 0) is 9.84 Å². The van der Waals surface area contributed by atoms with Crippen molar-refractivity contribution in [3.05, 3.63) is 35.9 Å². The van der Waals surface area contributed by atoms with E-state index >= 15 is 0 Å². The summed E-state index contributed by atoms with van der Waals surface area (Å²) >= 11 is 0. The number of piperidine rings is 1. The molecule has 1 aliphatic carbocycles. The lowest BCUT2D eigenvalue weighted by molar-refractivity contribution is -0.00147. The predicted octanol–water partition coefficient (Wildman–Crippen LogP) is 1.08. The van der Waals surface area contributed by atoms with E-state index in [1.165, 1.54) is 6.20 Å². The van der Waals surface area contributed by atoms with Gasteiger partial charge in [-0.15, -0.1) is 0 Å². The predicted molar refractivity (Wildman–Crippen MR) is 119 cm³/mol. The minimum Gasteiger partial charge on any atom is -0.369 e. The molecule has 2 aromatic heterocycles. The Morgan fingerprint density at radius 2 is 2.15 bits per heavy atom. The topological polar surface area (TPSA) is 143 Å². The number of hydrogen-bond acceptors (Lipinski definition) is 9. The number of nitrogens with one attached hydrogen (secondary N) is 2. The summed E-state index contributed by atoms with van der Waals surface area (Å²) < 4.78 is 32.6. The van der Waals surface area contributed by atoms with E-state index in [1.54, 1.807) is 18.2 Å². The first-order valence-electron chi connectivity index (χ1n) is 11.6. The van der Waals surface area contributed by atoms with Crippen LogP contribution in [0.4, 0.5) is 5.82 Å². The molecule has 4 fully saturated rings. The summed E-state index contributed by atoms with van der Waals surface area (Å²) in [5.74, 6) is 1.62. The molecule has 1 amide bonds. The highest BCUT2D eigenvalue weighted by molar-refractivity contribution is 7.92. The van der Waals surface area contributed by atoms with Crippen LogP contribution in [0.5, 0.6) is 0 Å². The van der Waals surface area contributed by atoms with Crippen molar-refractivity contribution in [1.82, 2.24) is 20.4 Å². The van der Waals surface area contributed by atoms with Gasteiger partial charge in [-0.2, -0.15) is 0 Å². The van der Waals surface area contributed by atoms with E-state index in [-0.39, 0.29) is 28.8 Å². The highest BCUT2D eigenvalue weighted by Crippen LogP contribution is 2.58. The maximum atomic E-state index is 13.7. The third-order valence-electron chi connectivity index (χ3n) is 7.68. The minimum atomic E-state index is -3.60. The van der Waals surface area contributed by atoms with Crippen LogP contribution in [0.25, 0.3) is 0 Å². The molecule has 4 atom stereocenters. The van der Waals surface area contributed by atoms with E-state index in [0.29, 0.717) is 49.9 Å². The fourth-order valence-electron chi connectivity index (χ4n) is 5.84. The monoisotopic (exact) mass is 472 g/mol. The van der Waals surface area contributed by atoms with Crippen LogP contribution in [0.2, 0.25) is 0 Å². The molecule has 11 heteroatoms. The van der Waals surface area contributed by atoms with Crippen LogP contribution in [0.15, 0.2) is 33.8 Å². The van der Waals surface area contributed by atoms with Crippen molar-refractivity contribution < 1.29 is 17.7 Å². The van der Waals surface area contributed by atoms with Crippen LogP contribution >= 0.6 is 0 Å². The summed E-state index contributed by atoms with van der Waals surface area (Å²) in [5.41, 5.74) is 5.80. The molecule has 1 saturated carbocycles. The first-order chi connectivity index (χ1) is 15.9. The minimum absolute atomic E-state index is 0.0691. The van der Waals surface area contributed by atoms with E-state index < -0.39 is 14.7 Å². The smallest absolute Gasteiger partial charge is 0.273 e. The van der Waals surface area contributed by atoms with Gasteiger partial charge in [-0.3, -0.25) is 9.69 Å². The molecular weight excluding hydrogens is 444 g/mol. The van der Waals surface area contributed by atoms with Crippen LogP contribution in [0, 0.1) is 5.92 Å². The van der Waals surface area contributed by atoms with Gasteiger partial charge in [-0.25, -0.2) is 13.4 Å². The molecule has 5 heterocycles. The zero-order valence-electron chi connectivity index (χ0n) is 18.2. The maximum absolute atomic E-state index is 13.7. The Labute approximate surface area is 192 Å². The van der Waals surface area contributed by atoms with Gasteiger partial charge in [-0.1, -0.05) is 5.16 Å². The summed E-state index contributed by atoms with van der Waals surface area (Å²) in [6.45, 7) is 1.71. The van der Waals surface area contributed by atoms with E-state index in [9.17, 15) is 13.2 Å². The van der Waals surface area contributed by atoms with Gasteiger partial charge < -0.3 is 20.9 Å². The summed E-state index contributed by atoms with van der Waals surface area (Å²) in [6.07, 6.45) is 5.44. The molecular formula is C22H28N6O4S. The number of aromatic nitrogens is 2. The van der Waals surface area contributed by atoms with Gasteiger partial charge in [-0.05, 0) is 50.2 Å². The average molecular weight is 473 g/mol. The van der Waals surface area contributed by atoms with Crippen LogP contribution < -0.4 is 16.4 Å². The van der Waals surface area contributed by atoms with Crippen molar-refractivity contribution in [2.24, 2.45) is 11.7 Å². The SMILES string of the molecule is NCCNc1ccc(S(=O)(=O)C23CC4CN2C(CC4NC(=O)c2cc(C4CC4)on2)C3)cn1. The van der Waals surface area contributed by atoms with Crippen molar-refractivity contribution in [1.29, 1.82) is 0 Å². The molecule has 4 N–H and O–H groups in total. The number of rotatable bonds is 8. The fraction of sp³-hybridized carbons (Fsp3) is 0.591.